The fourth-order valence-electron chi connectivity index (χ4n) is 2.76. The van der Waals surface area contributed by atoms with Crippen molar-refractivity contribution in [1.29, 1.82) is 0 Å². The fourth-order valence-corrected chi connectivity index (χ4v) is 3.40. The van der Waals surface area contributed by atoms with Crippen molar-refractivity contribution in [3.8, 4) is 0 Å². The summed E-state index contributed by atoms with van der Waals surface area (Å²) < 4.78 is 61.5. The first-order chi connectivity index (χ1) is 15.9. The largest absolute Gasteiger partial charge is 0.493 e. The van der Waals surface area contributed by atoms with E-state index < -0.39 is 38.4 Å². The second-order valence-electron chi connectivity index (χ2n) is 7.18. The zero-order chi connectivity index (χ0) is 25.9. The summed E-state index contributed by atoms with van der Waals surface area (Å²) in [7, 11) is -4.33. The third kappa shape index (κ3) is 8.32. The molecule has 0 aromatic heterocycles. The second-order valence-corrected chi connectivity index (χ2v) is 9.11. The Balaban J connectivity index is 3.51. The maximum atomic E-state index is 12.6. The predicted molar refractivity (Wildman–Crippen MR) is 120 cm³/mol. The highest BCUT2D eigenvalue weighted by Crippen LogP contribution is 2.20. The molecule has 2 N–H and O–H groups in total. The van der Waals surface area contributed by atoms with Gasteiger partial charge in [-0.05, 0) is 25.0 Å². The van der Waals surface area contributed by atoms with Crippen molar-refractivity contribution in [2.75, 3.05) is 24.2 Å². The molecule has 0 aliphatic heterocycles. The van der Waals surface area contributed by atoms with E-state index in [9.17, 15) is 31.6 Å². The van der Waals surface area contributed by atoms with Crippen LogP contribution in [0, 0.1) is 0 Å². The Labute approximate surface area is 195 Å². The number of carbonyl (C=O) groups excluding carboxylic acids is 1. The van der Waals surface area contributed by atoms with E-state index in [1.807, 2.05) is 13.8 Å². The van der Waals surface area contributed by atoms with Crippen LogP contribution in [0.15, 0.2) is 39.7 Å². The Hall–Kier alpha value is -3.16. The molecule has 0 bridgehead atoms. The number of hydrogen-bond acceptors (Lipinski definition) is 10. The van der Waals surface area contributed by atoms with Crippen LogP contribution in [0.4, 0.5) is 18.9 Å². The first-order valence-electron chi connectivity index (χ1n) is 10.3. The van der Waals surface area contributed by atoms with Crippen LogP contribution in [0.5, 0.6) is 0 Å². The Morgan fingerprint density at radius 2 is 1.56 bits per heavy atom. The summed E-state index contributed by atoms with van der Waals surface area (Å²) in [6.45, 7) is 5.62. The lowest BCUT2D eigenvalue weighted by atomic mass is 10.1. The maximum Gasteiger partial charge on any atom is 0.493 e. The molecule has 0 heterocycles. The fraction of sp³-hybridized carbons (Fsp3) is 0.500. The van der Waals surface area contributed by atoms with Gasteiger partial charge >= 0.3 is 12.1 Å². The lowest BCUT2D eigenvalue weighted by Gasteiger charge is -2.25. The number of halogens is 3. The standard InChI is InChI=1S/C20H27F3N4O6S/c1-4-6-12-27(13-7-5-2)15-10-8-14(9-11-15)16(26-33-19(28)20(21,22)23)17(24-29)18(25-30)34(3,31)32/h8-11,29-30H,4-7,12-13H2,1-3H3. The number of hydrogen-bond donors (Lipinski definition) is 2. The molecule has 34 heavy (non-hydrogen) atoms. The van der Waals surface area contributed by atoms with Crippen molar-refractivity contribution < 1.29 is 41.6 Å². The van der Waals surface area contributed by atoms with Crippen LogP contribution in [0.2, 0.25) is 0 Å². The third-order valence-electron chi connectivity index (χ3n) is 4.49. The summed E-state index contributed by atoms with van der Waals surface area (Å²) >= 11 is 0. The smallest absolute Gasteiger partial charge is 0.410 e. The van der Waals surface area contributed by atoms with E-state index in [1.165, 1.54) is 12.1 Å². The highest BCUT2D eigenvalue weighted by Gasteiger charge is 2.42. The molecule has 0 spiro atoms. The molecule has 1 aromatic rings. The summed E-state index contributed by atoms with van der Waals surface area (Å²) in [6.07, 6.45) is -0.997. The van der Waals surface area contributed by atoms with Crippen LogP contribution in [0.25, 0.3) is 0 Å². The van der Waals surface area contributed by atoms with Gasteiger partial charge in [-0.25, -0.2) is 13.2 Å². The van der Waals surface area contributed by atoms with E-state index in [-0.39, 0.29) is 5.56 Å². The lowest BCUT2D eigenvalue weighted by Crippen LogP contribution is -2.32. The van der Waals surface area contributed by atoms with Crippen molar-refractivity contribution in [2.24, 2.45) is 15.5 Å². The number of nitrogens with zero attached hydrogens (tertiary/aromatic N) is 4. The van der Waals surface area contributed by atoms with Crippen molar-refractivity contribution in [1.82, 2.24) is 0 Å². The molecular formula is C20H27F3N4O6S. The van der Waals surface area contributed by atoms with Gasteiger partial charge in [-0.15, -0.1) is 0 Å². The van der Waals surface area contributed by atoms with Crippen LogP contribution >= 0.6 is 0 Å². The highest BCUT2D eigenvalue weighted by atomic mass is 32.2. The molecule has 0 unspecified atom stereocenters. The zero-order valence-corrected chi connectivity index (χ0v) is 19.7. The molecule has 0 aliphatic rings. The van der Waals surface area contributed by atoms with E-state index in [0.29, 0.717) is 6.26 Å². The van der Waals surface area contributed by atoms with Crippen LogP contribution in [-0.4, -0.2) is 66.8 Å². The van der Waals surface area contributed by atoms with Crippen LogP contribution < -0.4 is 4.90 Å². The van der Waals surface area contributed by atoms with Crippen LogP contribution in [0.3, 0.4) is 0 Å². The number of carbonyl (C=O) groups is 1. The van der Waals surface area contributed by atoms with Gasteiger partial charge in [0.1, 0.15) is 5.71 Å². The van der Waals surface area contributed by atoms with E-state index in [0.717, 1.165) is 44.5 Å². The molecule has 10 nitrogen and oxygen atoms in total. The quantitative estimate of drug-likeness (QED) is 0.153. The maximum absolute atomic E-state index is 12.6. The van der Waals surface area contributed by atoms with Gasteiger partial charge in [-0.2, -0.15) is 13.2 Å². The van der Waals surface area contributed by atoms with Crippen molar-refractivity contribution in [3.05, 3.63) is 29.8 Å². The minimum absolute atomic E-state index is 0.0674. The molecule has 0 fully saturated rings. The number of rotatable bonds is 11. The number of oxime groups is 3. The normalized spacial score (nSPS) is 13.6. The Kier molecular flexibility index (Phi) is 11.0. The van der Waals surface area contributed by atoms with Crippen molar-refractivity contribution >= 4 is 38.0 Å². The van der Waals surface area contributed by atoms with E-state index in [4.69, 9.17) is 5.21 Å². The third-order valence-corrected chi connectivity index (χ3v) is 5.47. The van der Waals surface area contributed by atoms with Gasteiger partial charge < -0.3 is 20.2 Å². The van der Waals surface area contributed by atoms with Gasteiger partial charge in [-0.1, -0.05) is 54.3 Å². The van der Waals surface area contributed by atoms with Crippen LogP contribution in [0.1, 0.15) is 45.1 Å². The predicted octanol–water partition coefficient (Wildman–Crippen LogP) is 3.57. The Morgan fingerprint density at radius 1 is 1.03 bits per heavy atom. The lowest BCUT2D eigenvalue weighted by molar-refractivity contribution is -0.199. The van der Waals surface area contributed by atoms with Gasteiger partial charge in [0.15, 0.2) is 15.5 Å². The van der Waals surface area contributed by atoms with E-state index in [1.54, 1.807) is 12.1 Å². The number of anilines is 1. The van der Waals surface area contributed by atoms with E-state index >= 15 is 0 Å². The number of sulfone groups is 1. The topological polar surface area (TPSA) is 141 Å². The number of unbranched alkanes of at least 4 members (excludes halogenated alkanes) is 2. The molecule has 0 radical (unpaired) electrons. The summed E-state index contributed by atoms with van der Waals surface area (Å²) in [5, 5.41) is 25.6. The first-order valence-corrected chi connectivity index (χ1v) is 12.2. The Morgan fingerprint density at radius 3 is 1.94 bits per heavy atom. The molecule has 0 amide bonds. The summed E-state index contributed by atoms with van der Waals surface area (Å²) in [5.74, 6) is -2.69. The molecule has 1 aromatic carbocycles. The average Bonchev–Trinajstić information content (AvgIpc) is 2.77. The van der Waals surface area contributed by atoms with Gasteiger partial charge in [0.2, 0.25) is 5.04 Å². The Bertz CT molecular complexity index is 1010. The summed E-state index contributed by atoms with van der Waals surface area (Å²) in [4.78, 5) is 17.1. The summed E-state index contributed by atoms with van der Waals surface area (Å²) in [6, 6.07) is 5.94. The molecule has 190 valence electrons. The zero-order valence-electron chi connectivity index (χ0n) is 18.9. The number of alkyl halides is 3. The van der Waals surface area contributed by atoms with Gasteiger partial charge in [0.25, 0.3) is 0 Å². The molecule has 0 saturated carbocycles. The number of benzene rings is 1. The van der Waals surface area contributed by atoms with Gasteiger partial charge in [0, 0.05) is 30.6 Å². The molecular weight excluding hydrogens is 481 g/mol. The minimum atomic E-state index is -5.39. The molecule has 14 heteroatoms. The van der Waals surface area contributed by atoms with Crippen LogP contribution in [-0.2, 0) is 19.5 Å². The molecule has 0 saturated heterocycles. The molecule has 0 aliphatic carbocycles. The summed E-state index contributed by atoms with van der Waals surface area (Å²) in [5.41, 5.74) is -1.10. The van der Waals surface area contributed by atoms with Crippen molar-refractivity contribution in [2.45, 2.75) is 45.7 Å². The monoisotopic (exact) mass is 508 g/mol. The average molecular weight is 509 g/mol. The highest BCUT2D eigenvalue weighted by molar-refractivity contribution is 8.08. The first kappa shape index (κ1) is 28.9. The minimum Gasteiger partial charge on any atom is -0.410 e. The molecule has 1 rings (SSSR count). The van der Waals surface area contributed by atoms with Gasteiger partial charge in [-0.3, -0.25) is 0 Å². The van der Waals surface area contributed by atoms with E-state index in [2.05, 4.69) is 25.2 Å². The molecule has 0 atom stereocenters. The SMILES string of the molecule is CCCCN(CCCC)c1ccc(C(=NOC(=O)C(F)(F)F)C(=NO)C(=NO)S(C)(=O)=O)cc1. The second kappa shape index (κ2) is 12.9. The van der Waals surface area contributed by atoms with Crippen molar-refractivity contribution in [3.63, 3.8) is 0 Å². The van der Waals surface area contributed by atoms with Gasteiger partial charge in [0.05, 0.1) is 0 Å².